The maximum absolute atomic E-state index is 13.3. The molecule has 1 N–H and O–H groups in total. The zero-order chi connectivity index (χ0) is 22.9. The van der Waals surface area contributed by atoms with Crippen molar-refractivity contribution in [2.45, 2.75) is 31.6 Å². The molecule has 3 aromatic carbocycles. The summed E-state index contributed by atoms with van der Waals surface area (Å²) in [5.74, 6) is 0.312. The minimum Gasteiger partial charge on any atom is -0.495 e. The summed E-state index contributed by atoms with van der Waals surface area (Å²) in [6, 6.07) is 17.6. The Kier molecular flexibility index (Phi) is 5.93. The predicted octanol–water partition coefficient (Wildman–Crippen LogP) is 4.71. The number of hydrogen-bond acceptors (Lipinski definition) is 4. The topological polar surface area (TPSA) is 75.7 Å². The number of benzene rings is 3. The van der Waals surface area contributed by atoms with E-state index >= 15 is 0 Å². The number of nitrogens with zero attached hydrogens (tertiary/aromatic N) is 1. The number of amides is 1. The van der Waals surface area contributed by atoms with Gasteiger partial charge in [0.15, 0.2) is 0 Å². The van der Waals surface area contributed by atoms with Crippen LogP contribution in [0.5, 0.6) is 5.75 Å². The molecule has 7 heteroatoms. The van der Waals surface area contributed by atoms with Crippen LogP contribution in [0.15, 0.2) is 65.6 Å². The maximum Gasteiger partial charge on any atom is 0.264 e. The summed E-state index contributed by atoms with van der Waals surface area (Å²) >= 11 is 0. The minimum atomic E-state index is -3.67. The van der Waals surface area contributed by atoms with E-state index in [9.17, 15) is 13.2 Å². The summed E-state index contributed by atoms with van der Waals surface area (Å²) in [7, 11) is -2.11. The molecule has 0 aliphatic carbocycles. The number of sulfonamides is 1. The predicted molar refractivity (Wildman–Crippen MR) is 126 cm³/mol. The fourth-order valence-electron chi connectivity index (χ4n) is 3.90. The van der Waals surface area contributed by atoms with E-state index in [-0.39, 0.29) is 10.8 Å². The summed E-state index contributed by atoms with van der Waals surface area (Å²) in [5, 5.41) is 2.90. The fourth-order valence-corrected chi connectivity index (χ4v) is 5.45. The number of rotatable bonds is 5. The number of aryl methyl sites for hydroxylation is 3. The van der Waals surface area contributed by atoms with E-state index in [0.717, 1.165) is 16.7 Å². The lowest BCUT2D eigenvalue weighted by Gasteiger charge is -2.30. The standard InChI is InChI=1S/C25H26N2O4S/c1-17-6-10-21(11-7-17)32(29,30)27-14-4-5-19-16-20(9-12-23(19)27)25(28)26-22-15-18(2)8-13-24(22)31-3/h6-13,15-16H,4-5,14H2,1-3H3,(H,26,28). The molecule has 1 heterocycles. The van der Waals surface area contributed by atoms with E-state index in [4.69, 9.17) is 4.74 Å². The van der Waals surface area contributed by atoms with Crippen LogP contribution in [0.4, 0.5) is 11.4 Å². The zero-order valence-corrected chi connectivity index (χ0v) is 19.2. The Balaban J connectivity index is 1.63. The molecule has 0 saturated carbocycles. The summed E-state index contributed by atoms with van der Waals surface area (Å²) < 4.78 is 33.3. The second-order valence-electron chi connectivity index (χ2n) is 8.00. The van der Waals surface area contributed by atoms with Crippen LogP contribution in [0.2, 0.25) is 0 Å². The monoisotopic (exact) mass is 450 g/mol. The van der Waals surface area contributed by atoms with Crippen LogP contribution >= 0.6 is 0 Å². The van der Waals surface area contributed by atoms with Gasteiger partial charge in [-0.05, 0) is 80.3 Å². The van der Waals surface area contributed by atoms with E-state index in [2.05, 4.69) is 5.32 Å². The SMILES string of the molecule is COc1ccc(C)cc1NC(=O)c1ccc2c(c1)CCCN2S(=O)(=O)c1ccc(C)cc1. The molecule has 0 saturated heterocycles. The number of methoxy groups -OCH3 is 1. The van der Waals surface area contributed by atoms with Crippen molar-refractivity contribution in [2.24, 2.45) is 0 Å². The average Bonchev–Trinajstić information content (AvgIpc) is 2.78. The molecule has 0 spiro atoms. The first kappa shape index (κ1) is 21.9. The van der Waals surface area contributed by atoms with Gasteiger partial charge in [-0.25, -0.2) is 8.42 Å². The molecule has 0 fully saturated rings. The van der Waals surface area contributed by atoms with Crippen molar-refractivity contribution < 1.29 is 17.9 Å². The van der Waals surface area contributed by atoms with Crippen LogP contribution in [0.3, 0.4) is 0 Å². The van der Waals surface area contributed by atoms with Gasteiger partial charge in [0.1, 0.15) is 5.75 Å². The molecular weight excluding hydrogens is 424 g/mol. The number of fused-ring (bicyclic) bond motifs is 1. The number of hydrogen-bond donors (Lipinski definition) is 1. The highest BCUT2D eigenvalue weighted by Crippen LogP contribution is 2.33. The van der Waals surface area contributed by atoms with Crippen molar-refractivity contribution in [3.05, 3.63) is 82.9 Å². The molecule has 0 radical (unpaired) electrons. The zero-order valence-electron chi connectivity index (χ0n) is 18.4. The largest absolute Gasteiger partial charge is 0.495 e. The van der Waals surface area contributed by atoms with Crippen LogP contribution in [-0.2, 0) is 16.4 Å². The molecule has 32 heavy (non-hydrogen) atoms. The van der Waals surface area contributed by atoms with Gasteiger partial charge in [0.05, 0.1) is 23.4 Å². The van der Waals surface area contributed by atoms with E-state index in [1.165, 1.54) is 4.31 Å². The van der Waals surface area contributed by atoms with Gasteiger partial charge in [0, 0.05) is 12.1 Å². The average molecular weight is 451 g/mol. The molecule has 1 aliphatic heterocycles. The first-order valence-corrected chi connectivity index (χ1v) is 11.9. The van der Waals surface area contributed by atoms with Crippen molar-refractivity contribution >= 4 is 27.3 Å². The van der Waals surface area contributed by atoms with E-state index < -0.39 is 10.0 Å². The summed E-state index contributed by atoms with van der Waals surface area (Å²) in [6.45, 7) is 4.28. The Bertz CT molecular complexity index is 1270. The molecule has 6 nitrogen and oxygen atoms in total. The summed E-state index contributed by atoms with van der Waals surface area (Å²) in [5.41, 5.74) is 4.55. The van der Waals surface area contributed by atoms with Gasteiger partial charge in [0.25, 0.3) is 15.9 Å². The number of anilines is 2. The number of carbonyl (C=O) groups is 1. The molecule has 166 valence electrons. The summed E-state index contributed by atoms with van der Waals surface area (Å²) in [4.78, 5) is 13.2. The van der Waals surface area contributed by atoms with Gasteiger partial charge in [-0.3, -0.25) is 9.10 Å². The maximum atomic E-state index is 13.3. The first-order valence-electron chi connectivity index (χ1n) is 10.5. The minimum absolute atomic E-state index is 0.268. The normalized spacial score (nSPS) is 13.4. The Morgan fingerprint density at radius 1 is 0.969 bits per heavy atom. The van der Waals surface area contributed by atoms with Crippen molar-refractivity contribution in [3.63, 3.8) is 0 Å². The van der Waals surface area contributed by atoms with Gasteiger partial charge in [0.2, 0.25) is 0 Å². The van der Waals surface area contributed by atoms with E-state index in [0.29, 0.717) is 42.1 Å². The Labute approximate surface area is 188 Å². The highest BCUT2D eigenvalue weighted by Gasteiger charge is 2.29. The third-order valence-corrected chi connectivity index (χ3v) is 7.46. The summed E-state index contributed by atoms with van der Waals surface area (Å²) in [6.07, 6.45) is 1.40. The van der Waals surface area contributed by atoms with Crippen molar-refractivity contribution in [2.75, 3.05) is 23.3 Å². The molecule has 0 unspecified atom stereocenters. The van der Waals surface area contributed by atoms with Crippen molar-refractivity contribution in [1.82, 2.24) is 0 Å². The van der Waals surface area contributed by atoms with Crippen LogP contribution in [0.1, 0.15) is 33.5 Å². The molecular formula is C25H26N2O4S. The number of carbonyl (C=O) groups excluding carboxylic acids is 1. The van der Waals surface area contributed by atoms with Gasteiger partial charge in [-0.2, -0.15) is 0 Å². The van der Waals surface area contributed by atoms with Gasteiger partial charge < -0.3 is 10.1 Å². The molecule has 0 atom stereocenters. The Morgan fingerprint density at radius 2 is 1.69 bits per heavy atom. The van der Waals surface area contributed by atoms with Crippen LogP contribution < -0.4 is 14.4 Å². The Morgan fingerprint density at radius 3 is 2.41 bits per heavy atom. The van der Waals surface area contributed by atoms with Crippen LogP contribution in [0, 0.1) is 13.8 Å². The lowest BCUT2D eigenvalue weighted by Crippen LogP contribution is -2.35. The third-order valence-electron chi connectivity index (χ3n) is 5.63. The van der Waals surface area contributed by atoms with E-state index in [1.807, 2.05) is 32.0 Å². The quantitative estimate of drug-likeness (QED) is 0.611. The third kappa shape index (κ3) is 4.21. The molecule has 3 aromatic rings. The molecule has 1 amide bonds. The highest BCUT2D eigenvalue weighted by molar-refractivity contribution is 7.92. The molecule has 4 rings (SSSR count). The highest BCUT2D eigenvalue weighted by atomic mass is 32.2. The number of nitrogens with one attached hydrogen (secondary N) is 1. The van der Waals surface area contributed by atoms with Crippen LogP contribution in [-0.4, -0.2) is 28.0 Å². The lowest BCUT2D eigenvalue weighted by molar-refractivity contribution is 0.102. The number of ether oxygens (including phenoxy) is 1. The van der Waals surface area contributed by atoms with Gasteiger partial charge in [-0.1, -0.05) is 23.8 Å². The molecule has 1 aliphatic rings. The Hall–Kier alpha value is -3.32. The van der Waals surface area contributed by atoms with Gasteiger partial charge in [-0.15, -0.1) is 0 Å². The molecule has 0 bridgehead atoms. The second kappa shape index (κ2) is 8.67. The van der Waals surface area contributed by atoms with Crippen LogP contribution in [0.25, 0.3) is 0 Å². The molecule has 0 aromatic heterocycles. The second-order valence-corrected chi connectivity index (χ2v) is 9.86. The first-order chi connectivity index (χ1) is 15.3. The lowest BCUT2D eigenvalue weighted by atomic mass is 10.0. The fraction of sp³-hybridized carbons (Fsp3) is 0.240. The smallest absolute Gasteiger partial charge is 0.264 e. The van der Waals surface area contributed by atoms with E-state index in [1.54, 1.807) is 49.6 Å². The van der Waals surface area contributed by atoms with Crippen molar-refractivity contribution in [1.29, 1.82) is 0 Å². The van der Waals surface area contributed by atoms with Gasteiger partial charge >= 0.3 is 0 Å². The van der Waals surface area contributed by atoms with Crippen molar-refractivity contribution in [3.8, 4) is 5.75 Å².